The minimum Gasteiger partial charge on any atom is -0.480 e. The fourth-order valence-electron chi connectivity index (χ4n) is 2.33. The number of carbonyl (C=O) groups is 2. The van der Waals surface area contributed by atoms with Crippen molar-refractivity contribution < 1.29 is 24.5 Å². The van der Waals surface area contributed by atoms with Crippen molar-refractivity contribution in [1.82, 2.24) is 10.2 Å². The van der Waals surface area contributed by atoms with Crippen LogP contribution in [0.1, 0.15) is 33.6 Å². The highest BCUT2D eigenvalue weighted by molar-refractivity contribution is 5.82. The van der Waals surface area contributed by atoms with Gasteiger partial charge in [0, 0.05) is 0 Å². The van der Waals surface area contributed by atoms with Crippen molar-refractivity contribution in [2.45, 2.75) is 51.4 Å². The van der Waals surface area contributed by atoms with E-state index in [9.17, 15) is 14.7 Å². The maximum Gasteiger partial charge on any atom is 0.326 e. The maximum absolute atomic E-state index is 12.2. The van der Waals surface area contributed by atoms with Gasteiger partial charge < -0.3 is 25.2 Å². The zero-order chi connectivity index (χ0) is 15.3. The summed E-state index contributed by atoms with van der Waals surface area (Å²) in [5.74, 6) is -1.04. The van der Waals surface area contributed by atoms with Crippen molar-refractivity contribution in [3.63, 3.8) is 0 Å². The summed E-state index contributed by atoms with van der Waals surface area (Å²) in [6.07, 6.45) is 0.613. The van der Waals surface area contributed by atoms with Crippen LogP contribution in [0.5, 0.6) is 0 Å². The average Bonchev–Trinajstić information content (AvgIpc) is 2.35. The van der Waals surface area contributed by atoms with Crippen LogP contribution in [0, 0.1) is 0 Å². The average molecular weight is 288 g/mol. The van der Waals surface area contributed by atoms with E-state index in [-0.39, 0.29) is 13.2 Å². The zero-order valence-electron chi connectivity index (χ0n) is 12.3. The molecule has 20 heavy (non-hydrogen) atoms. The van der Waals surface area contributed by atoms with Gasteiger partial charge in [-0.1, -0.05) is 13.3 Å². The van der Waals surface area contributed by atoms with Crippen LogP contribution in [-0.2, 0) is 9.53 Å². The number of carboxylic acid groups (broad SMARTS) is 1. The summed E-state index contributed by atoms with van der Waals surface area (Å²) in [5, 5.41) is 20.8. The molecule has 116 valence electrons. The molecule has 0 aromatic heterocycles. The highest BCUT2D eigenvalue weighted by atomic mass is 16.5. The highest BCUT2D eigenvalue weighted by Gasteiger charge is 2.36. The zero-order valence-corrected chi connectivity index (χ0v) is 12.3. The summed E-state index contributed by atoms with van der Waals surface area (Å²) in [6.45, 7) is 5.95. The molecular formula is C13H24N2O5. The first-order valence-electron chi connectivity index (χ1n) is 6.86. The monoisotopic (exact) mass is 288 g/mol. The number of ether oxygens (including phenoxy) is 1. The van der Waals surface area contributed by atoms with Gasteiger partial charge in [-0.15, -0.1) is 0 Å². The second-order valence-corrected chi connectivity index (χ2v) is 5.69. The number of urea groups is 1. The van der Waals surface area contributed by atoms with E-state index in [4.69, 9.17) is 9.84 Å². The van der Waals surface area contributed by atoms with Crippen molar-refractivity contribution in [2.75, 3.05) is 19.7 Å². The molecule has 2 atom stereocenters. The first-order valence-corrected chi connectivity index (χ1v) is 6.86. The molecule has 7 heteroatoms. The number of rotatable bonds is 5. The number of aliphatic hydroxyl groups excluding tert-OH is 1. The Bertz CT molecular complexity index is 359. The van der Waals surface area contributed by atoms with Crippen molar-refractivity contribution >= 4 is 12.0 Å². The topological polar surface area (TPSA) is 99.1 Å². The molecule has 0 spiro atoms. The smallest absolute Gasteiger partial charge is 0.326 e. The lowest BCUT2D eigenvalue weighted by atomic mass is 10.1. The first-order chi connectivity index (χ1) is 9.29. The molecule has 0 radical (unpaired) electrons. The molecule has 1 rings (SSSR count). The molecule has 0 bridgehead atoms. The molecule has 2 amide bonds. The number of nitrogens with zero attached hydrogens (tertiary/aromatic N) is 1. The molecule has 0 aromatic rings. The number of carbonyl (C=O) groups excluding carboxylic acids is 1. The Morgan fingerprint density at radius 3 is 2.65 bits per heavy atom. The third-order valence-electron chi connectivity index (χ3n) is 3.15. The molecule has 0 aromatic carbocycles. The van der Waals surface area contributed by atoms with Crippen LogP contribution in [0.3, 0.4) is 0 Å². The largest absolute Gasteiger partial charge is 0.480 e. The molecule has 1 heterocycles. The molecule has 1 fully saturated rings. The predicted octanol–water partition coefficient (Wildman–Crippen LogP) is 0.421. The molecule has 1 aliphatic heterocycles. The lowest BCUT2D eigenvalue weighted by Crippen LogP contribution is -2.59. The molecule has 1 aliphatic rings. The van der Waals surface area contributed by atoms with Gasteiger partial charge in [-0.2, -0.15) is 0 Å². The second kappa shape index (κ2) is 6.90. The van der Waals surface area contributed by atoms with Gasteiger partial charge in [0.2, 0.25) is 0 Å². The SMILES string of the molecule is CCC[C@@H](NC(=O)N1CC(CO)OC(C)(C)C1)C(=O)O. The number of nitrogens with one attached hydrogen (secondary N) is 1. The third kappa shape index (κ3) is 4.64. The number of carboxylic acids is 1. The van der Waals surface area contributed by atoms with Crippen LogP contribution in [-0.4, -0.2) is 64.6 Å². The van der Waals surface area contributed by atoms with Crippen LogP contribution in [0.15, 0.2) is 0 Å². The number of hydrogen-bond donors (Lipinski definition) is 3. The lowest BCUT2D eigenvalue weighted by molar-refractivity contribution is -0.141. The van der Waals surface area contributed by atoms with E-state index in [1.807, 2.05) is 20.8 Å². The van der Waals surface area contributed by atoms with Gasteiger partial charge in [0.15, 0.2) is 0 Å². The summed E-state index contributed by atoms with van der Waals surface area (Å²) < 4.78 is 5.62. The van der Waals surface area contributed by atoms with Crippen molar-refractivity contribution in [1.29, 1.82) is 0 Å². The Hall–Kier alpha value is -1.34. The van der Waals surface area contributed by atoms with Gasteiger partial charge in [0.1, 0.15) is 6.04 Å². The van der Waals surface area contributed by atoms with Crippen molar-refractivity contribution in [3.8, 4) is 0 Å². The number of aliphatic hydroxyl groups is 1. The van der Waals surface area contributed by atoms with E-state index in [1.54, 1.807) is 0 Å². The van der Waals surface area contributed by atoms with E-state index in [0.29, 0.717) is 19.4 Å². The fraction of sp³-hybridized carbons (Fsp3) is 0.846. The molecule has 0 saturated carbocycles. The summed E-state index contributed by atoms with van der Waals surface area (Å²) in [4.78, 5) is 24.7. The molecule has 3 N–H and O–H groups in total. The Morgan fingerprint density at radius 2 is 2.15 bits per heavy atom. The Kier molecular flexibility index (Phi) is 5.76. The van der Waals surface area contributed by atoms with E-state index < -0.39 is 29.7 Å². The minimum atomic E-state index is -1.04. The van der Waals surface area contributed by atoms with Crippen LogP contribution in [0.25, 0.3) is 0 Å². The quantitative estimate of drug-likeness (QED) is 0.681. The number of hydrogen-bond acceptors (Lipinski definition) is 4. The molecule has 1 unspecified atom stereocenters. The summed E-state index contributed by atoms with van der Waals surface area (Å²) in [7, 11) is 0. The van der Waals surface area contributed by atoms with Gasteiger partial charge in [-0.3, -0.25) is 0 Å². The van der Waals surface area contributed by atoms with Crippen LogP contribution in [0.2, 0.25) is 0 Å². The van der Waals surface area contributed by atoms with E-state index in [2.05, 4.69) is 5.32 Å². The van der Waals surface area contributed by atoms with Crippen LogP contribution >= 0.6 is 0 Å². The minimum absolute atomic E-state index is 0.176. The Morgan fingerprint density at radius 1 is 1.50 bits per heavy atom. The van der Waals surface area contributed by atoms with E-state index in [1.165, 1.54) is 4.90 Å². The fourth-order valence-corrected chi connectivity index (χ4v) is 2.33. The Balaban J connectivity index is 2.67. The van der Waals surface area contributed by atoms with Crippen LogP contribution < -0.4 is 5.32 Å². The van der Waals surface area contributed by atoms with Crippen LogP contribution in [0.4, 0.5) is 4.79 Å². The van der Waals surface area contributed by atoms with Gasteiger partial charge in [0.25, 0.3) is 0 Å². The molecule has 7 nitrogen and oxygen atoms in total. The highest BCUT2D eigenvalue weighted by Crippen LogP contribution is 2.21. The van der Waals surface area contributed by atoms with Gasteiger partial charge >= 0.3 is 12.0 Å². The van der Waals surface area contributed by atoms with Crippen molar-refractivity contribution in [3.05, 3.63) is 0 Å². The standard InChI is InChI=1S/C13H24N2O5/c1-4-5-10(11(17)18)14-12(19)15-6-9(7-16)20-13(2,3)8-15/h9-10,16H,4-8H2,1-3H3,(H,14,19)(H,17,18)/t9?,10-/m1/s1. The normalized spacial score (nSPS) is 23.2. The third-order valence-corrected chi connectivity index (χ3v) is 3.15. The maximum atomic E-state index is 12.2. The lowest BCUT2D eigenvalue weighted by Gasteiger charge is -2.42. The van der Waals surface area contributed by atoms with Gasteiger partial charge in [-0.05, 0) is 20.3 Å². The second-order valence-electron chi connectivity index (χ2n) is 5.69. The summed E-state index contributed by atoms with van der Waals surface area (Å²) in [5.41, 5.74) is -0.563. The van der Waals surface area contributed by atoms with E-state index in [0.717, 1.165) is 0 Å². The molecule has 0 aliphatic carbocycles. The van der Waals surface area contributed by atoms with E-state index >= 15 is 0 Å². The van der Waals surface area contributed by atoms with Gasteiger partial charge in [-0.25, -0.2) is 9.59 Å². The predicted molar refractivity (Wildman–Crippen MR) is 72.5 cm³/mol. The Labute approximate surface area is 118 Å². The number of amides is 2. The number of aliphatic carboxylic acids is 1. The summed E-state index contributed by atoms with van der Waals surface area (Å²) in [6, 6.07) is -1.31. The van der Waals surface area contributed by atoms with Crippen molar-refractivity contribution in [2.24, 2.45) is 0 Å². The number of morpholine rings is 1. The molecule has 1 saturated heterocycles. The molecular weight excluding hydrogens is 264 g/mol. The first kappa shape index (κ1) is 16.7. The van der Waals surface area contributed by atoms with Gasteiger partial charge in [0.05, 0.1) is 31.4 Å². The summed E-state index contributed by atoms with van der Waals surface area (Å²) >= 11 is 0.